The third kappa shape index (κ3) is 2.20. The molecule has 0 heterocycles. The summed E-state index contributed by atoms with van der Waals surface area (Å²) >= 11 is 0. The molecule has 1 aliphatic carbocycles. The van der Waals surface area contributed by atoms with Crippen LogP contribution in [0.15, 0.2) is 12.1 Å². The number of benzene rings is 1. The van der Waals surface area contributed by atoms with E-state index < -0.39 is 29.3 Å². The van der Waals surface area contributed by atoms with E-state index in [0.717, 1.165) is 12.1 Å². The summed E-state index contributed by atoms with van der Waals surface area (Å²) in [6, 6.07) is 1.27. The lowest BCUT2D eigenvalue weighted by Gasteiger charge is -2.34. The van der Waals surface area contributed by atoms with Gasteiger partial charge < -0.3 is 10.4 Å². The van der Waals surface area contributed by atoms with Crippen molar-refractivity contribution in [1.29, 1.82) is 0 Å². The maximum absolute atomic E-state index is 12.9. The molecule has 2 atom stereocenters. The zero-order valence-corrected chi connectivity index (χ0v) is 8.71. The lowest BCUT2D eigenvalue weighted by Crippen LogP contribution is -2.43. The largest absolute Gasteiger partial charge is 0.481 e. The van der Waals surface area contributed by atoms with Crippen molar-refractivity contribution < 1.29 is 23.1 Å². The Morgan fingerprint density at radius 3 is 2.24 bits per heavy atom. The van der Waals surface area contributed by atoms with Gasteiger partial charge in [-0.05, 0) is 12.8 Å². The third-order valence-corrected chi connectivity index (χ3v) is 2.93. The van der Waals surface area contributed by atoms with Gasteiger partial charge in [0.2, 0.25) is 0 Å². The fourth-order valence-electron chi connectivity index (χ4n) is 1.82. The lowest BCUT2D eigenvalue weighted by atomic mass is 9.79. The Morgan fingerprint density at radius 2 is 1.82 bits per heavy atom. The van der Waals surface area contributed by atoms with Crippen LogP contribution < -0.4 is 5.32 Å². The number of carboxylic acids is 1. The number of hydrogen-bond donors (Lipinski definition) is 2. The summed E-state index contributed by atoms with van der Waals surface area (Å²) in [5, 5.41) is 11.5. The molecule has 2 rings (SSSR count). The number of hydrogen-bond acceptors (Lipinski definition) is 2. The molecule has 1 saturated carbocycles. The predicted octanol–water partition coefficient (Wildman–Crippen LogP) is 2.38. The molecule has 1 fully saturated rings. The molecular weight excluding hydrogens is 235 g/mol. The fraction of sp³-hybridized carbons (Fsp3) is 0.364. The summed E-state index contributed by atoms with van der Waals surface area (Å²) in [7, 11) is 0. The lowest BCUT2D eigenvalue weighted by molar-refractivity contribution is -0.144. The van der Waals surface area contributed by atoms with Crippen LogP contribution in [0, 0.1) is 23.4 Å². The van der Waals surface area contributed by atoms with E-state index in [4.69, 9.17) is 5.11 Å². The van der Waals surface area contributed by atoms with Gasteiger partial charge in [0.05, 0.1) is 5.92 Å². The third-order valence-electron chi connectivity index (χ3n) is 2.93. The highest BCUT2D eigenvalue weighted by Crippen LogP contribution is 2.31. The van der Waals surface area contributed by atoms with Crippen LogP contribution in [0.25, 0.3) is 0 Å². The molecule has 0 amide bonds. The zero-order chi connectivity index (χ0) is 12.6. The van der Waals surface area contributed by atoms with E-state index in [1.54, 1.807) is 0 Å². The fourth-order valence-corrected chi connectivity index (χ4v) is 1.82. The van der Waals surface area contributed by atoms with Crippen molar-refractivity contribution in [2.24, 2.45) is 5.92 Å². The second kappa shape index (κ2) is 4.27. The number of halogens is 3. The number of rotatable bonds is 3. The summed E-state index contributed by atoms with van der Waals surface area (Å²) in [5.74, 6) is -5.63. The Labute approximate surface area is 95.3 Å². The molecule has 0 saturated heterocycles. The highest BCUT2D eigenvalue weighted by atomic mass is 19.2. The Kier molecular flexibility index (Phi) is 2.95. The molecule has 0 radical (unpaired) electrons. The first-order valence-corrected chi connectivity index (χ1v) is 5.13. The van der Waals surface area contributed by atoms with Crippen LogP contribution >= 0.6 is 0 Å². The van der Waals surface area contributed by atoms with Gasteiger partial charge in [0.25, 0.3) is 0 Å². The Hall–Kier alpha value is -1.72. The number of nitrogens with one attached hydrogen (secondary N) is 1. The topological polar surface area (TPSA) is 49.3 Å². The molecule has 2 unspecified atom stereocenters. The molecule has 0 spiro atoms. The summed E-state index contributed by atoms with van der Waals surface area (Å²) < 4.78 is 38.5. The van der Waals surface area contributed by atoms with Crippen molar-refractivity contribution in [2.45, 2.75) is 18.9 Å². The van der Waals surface area contributed by atoms with E-state index in [0.29, 0.717) is 12.8 Å². The van der Waals surface area contributed by atoms with Crippen LogP contribution in [-0.2, 0) is 4.79 Å². The van der Waals surface area contributed by atoms with Crippen LogP contribution in [0.4, 0.5) is 18.9 Å². The standard InChI is InChI=1S/C11H10F3NO2/c12-7-3-5(4-8(13)10(7)14)15-9-2-1-6(9)11(16)17/h3-4,6,9,15H,1-2H2,(H,16,17). The molecule has 1 aliphatic rings. The molecule has 1 aromatic rings. The summed E-state index contributed by atoms with van der Waals surface area (Å²) in [6.07, 6.45) is 1.14. The molecule has 0 bridgehead atoms. The van der Waals surface area contributed by atoms with Gasteiger partial charge >= 0.3 is 5.97 Å². The second-order valence-electron chi connectivity index (χ2n) is 4.03. The molecular formula is C11H10F3NO2. The first-order valence-electron chi connectivity index (χ1n) is 5.13. The van der Waals surface area contributed by atoms with Gasteiger partial charge in [-0.25, -0.2) is 13.2 Å². The van der Waals surface area contributed by atoms with E-state index in [1.807, 2.05) is 0 Å². The number of carboxylic acid groups (broad SMARTS) is 1. The molecule has 0 aliphatic heterocycles. The number of aliphatic carboxylic acids is 1. The predicted molar refractivity (Wildman–Crippen MR) is 54.1 cm³/mol. The Bertz CT molecular complexity index is 441. The summed E-state index contributed by atoms with van der Waals surface area (Å²) in [5.41, 5.74) is 0.0531. The molecule has 0 aromatic heterocycles. The van der Waals surface area contributed by atoms with Crippen LogP contribution in [-0.4, -0.2) is 17.1 Å². The molecule has 92 valence electrons. The van der Waals surface area contributed by atoms with E-state index in [2.05, 4.69) is 5.32 Å². The smallest absolute Gasteiger partial charge is 0.308 e. The maximum Gasteiger partial charge on any atom is 0.308 e. The highest BCUT2D eigenvalue weighted by Gasteiger charge is 2.36. The number of carbonyl (C=O) groups is 1. The van der Waals surface area contributed by atoms with Gasteiger partial charge in [-0.2, -0.15) is 0 Å². The Morgan fingerprint density at radius 1 is 1.24 bits per heavy atom. The zero-order valence-electron chi connectivity index (χ0n) is 8.71. The van der Waals surface area contributed by atoms with Crippen molar-refractivity contribution in [3.05, 3.63) is 29.6 Å². The summed E-state index contributed by atoms with van der Waals surface area (Å²) in [4.78, 5) is 10.7. The van der Waals surface area contributed by atoms with E-state index >= 15 is 0 Å². The van der Waals surface area contributed by atoms with Gasteiger partial charge in [-0.3, -0.25) is 4.79 Å². The van der Waals surface area contributed by atoms with Crippen molar-refractivity contribution in [3.63, 3.8) is 0 Å². The van der Waals surface area contributed by atoms with Crippen LogP contribution in [0.5, 0.6) is 0 Å². The first-order chi connectivity index (χ1) is 7.99. The molecule has 17 heavy (non-hydrogen) atoms. The minimum absolute atomic E-state index is 0.0531. The minimum atomic E-state index is -1.53. The van der Waals surface area contributed by atoms with Crippen LogP contribution in [0.1, 0.15) is 12.8 Å². The molecule has 1 aromatic carbocycles. The van der Waals surface area contributed by atoms with Crippen molar-refractivity contribution in [3.8, 4) is 0 Å². The van der Waals surface area contributed by atoms with Gasteiger partial charge in [-0.1, -0.05) is 0 Å². The summed E-state index contributed by atoms with van der Waals surface area (Å²) in [6.45, 7) is 0. The average molecular weight is 245 g/mol. The van der Waals surface area contributed by atoms with Crippen molar-refractivity contribution in [1.82, 2.24) is 0 Å². The van der Waals surface area contributed by atoms with Gasteiger partial charge in [0.1, 0.15) is 0 Å². The van der Waals surface area contributed by atoms with E-state index in [9.17, 15) is 18.0 Å². The van der Waals surface area contributed by atoms with Crippen molar-refractivity contribution in [2.75, 3.05) is 5.32 Å². The maximum atomic E-state index is 12.9. The van der Waals surface area contributed by atoms with Crippen LogP contribution in [0.2, 0.25) is 0 Å². The normalized spacial score (nSPS) is 23.0. The molecule has 6 heteroatoms. The van der Waals surface area contributed by atoms with E-state index in [1.165, 1.54) is 0 Å². The SMILES string of the molecule is O=C(O)C1CCC1Nc1cc(F)c(F)c(F)c1. The average Bonchev–Trinajstić information content (AvgIpc) is 2.20. The highest BCUT2D eigenvalue weighted by molar-refractivity contribution is 5.73. The van der Waals surface area contributed by atoms with Gasteiger partial charge in [-0.15, -0.1) is 0 Å². The number of anilines is 1. The van der Waals surface area contributed by atoms with Gasteiger partial charge in [0.15, 0.2) is 17.5 Å². The van der Waals surface area contributed by atoms with Gasteiger partial charge in [0, 0.05) is 23.9 Å². The second-order valence-corrected chi connectivity index (χ2v) is 4.03. The van der Waals surface area contributed by atoms with E-state index in [-0.39, 0.29) is 11.7 Å². The first kappa shape index (κ1) is 11.8. The van der Waals surface area contributed by atoms with Crippen molar-refractivity contribution >= 4 is 11.7 Å². The molecule has 3 nitrogen and oxygen atoms in total. The minimum Gasteiger partial charge on any atom is -0.481 e. The van der Waals surface area contributed by atoms with Crippen LogP contribution in [0.3, 0.4) is 0 Å². The monoisotopic (exact) mass is 245 g/mol. The molecule has 2 N–H and O–H groups in total. The quantitative estimate of drug-likeness (QED) is 0.804. The Balaban J connectivity index is 2.12.